The summed E-state index contributed by atoms with van der Waals surface area (Å²) in [5.41, 5.74) is 0.429. The summed E-state index contributed by atoms with van der Waals surface area (Å²) < 4.78 is 21.5. The van der Waals surface area contributed by atoms with Crippen molar-refractivity contribution in [2.24, 2.45) is 10.2 Å². The minimum absolute atomic E-state index is 0.192. The average molecular weight is 498 g/mol. The highest BCUT2D eigenvalue weighted by molar-refractivity contribution is 6.33. The first-order valence-corrected chi connectivity index (χ1v) is 10.7. The molecule has 1 atom stereocenters. The number of nitrogens with zero attached hydrogens (tertiary/aromatic N) is 2. The number of halogens is 2. The van der Waals surface area contributed by atoms with Gasteiger partial charge in [0.05, 0.1) is 38.1 Å². The van der Waals surface area contributed by atoms with Gasteiger partial charge in [-0.15, -0.1) is 0 Å². The van der Waals surface area contributed by atoms with Gasteiger partial charge in [-0.05, 0) is 26.8 Å². The number of Topliss-reactive ketones (excluding diaryl/α,β-unsaturated/α-hetero) is 1. The van der Waals surface area contributed by atoms with Crippen LogP contribution in [0.3, 0.4) is 0 Å². The van der Waals surface area contributed by atoms with Crippen LogP contribution in [0.5, 0.6) is 23.0 Å². The number of rotatable bonds is 11. The fourth-order valence-electron chi connectivity index (χ4n) is 2.83. The Morgan fingerprint density at radius 2 is 1.70 bits per heavy atom. The van der Waals surface area contributed by atoms with Crippen molar-refractivity contribution in [2.45, 2.75) is 26.8 Å². The molecule has 2 rings (SSSR count). The maximum absolute atomic E-state index is 12.9. The van der Waals surface area contributed by atoms with E-state index in [0.717, 1.165) is 0 Å². The number of anilines is 1. The zero-order chi connectivity index (χ0) is 24.5. The third-order valence-electron chi connectivity index (χ3n) is 4.21. The molecule has 1 N–H and O–H groups in total. The molecule has 0 aliphatic carbocycles. The number of benzene rings is 2. The summed E-state index contributed by atoms with van der Waals surface area (Å²) >= 11 is 12.4. The summed E-state index contributed by atoms with van der Waals surface area (Å²) in [5, 5.41) is 11.2. The predicted octanol–water partition coefficient (Wildman–Crippen LogP) is 5.49. The molecular formula is C22H25Cl2N3O6. The number of ether oxygens (including phenoxy) is 4. The number of ketones is 1. The molecule has 0 fully saturated rings. The lowest BCUT2D eigenvalue weighted by Gasteiger charge is -2.16. The first-order valence-electron chi connectivity index (χ1n) is 9.98. The molecule has 0 heterocycles. The SMILES string of the molecule is CCOc1cc(Cl)c(OCC)c(NC(=O)C(N=Nc2cc(Cl)cc(OC)c2OC)C(C)=O)c1. The highest BCUT2D eigenvalue weighted by Gasteiger charge is 2.26. The Labute approximate surface area is 202 Å². The minimum atomic E-state index is -1.45. The van der Waals surface area contributed by atoms with Gasteiger partial charge in [0.1, 0.15) is 11.4 Å². The number of carbonyl (C=O) groups is 2. The van der Waals surface area contributed by atoms with E-state index in [-0.39, 0.29) is 27.9 Å². The van der Waals surface area contributed by atoms with Gasteiger partial charge >= 0.3 is 0 Å². The summed E-state index contributed by atoms with van der Waals surface area (Å²) in [4.78, 5) is 25.2. The van der Waals surface area contributed by atoms with Gasteiger partial charge in [-0.25, -0.2) is 0 Å². The van der Waals surface area contributed by atoms with E-state index in [9.17, 15) is 9.59 Å². The molecule has 0 aliphatic rings. The lowest BCUT2D eigenvalue weighted by Crippen LogP contribution is -2.32. The second kappa shape index (κ2) is 12.3. The maximum atomic E-state index is 12.9. The molecule has 0 bridgehead atoms. The standard InChI is InChI=1S/C22H25Cl2N3O6/c1-6-32-14-10-15(24)20(33-7-2)16(11-14)25-22(29)19(12(3)28)27-26-17-8-13(23)9-18(30-4)21(17)31-5/h8-11,19H,6-7H2,1-5H3,(H,25,29). The summed E-state index contributed by atoms with van der Waals surface area (Å²) in [5.74, 6) is -0.0109. The van der Waals surface area contributed by atoms with Gasteiger partial charge in [-0.1, -0.05) is 23.2 Å². The van der Waals surface area contributed by atoms with E-state index < -0.39 is 17.7 Å². The number of hydrogen-bond donors (Lipinski definition) is 1. The third kappa shape index (κ3) is 6.72. The molecule has 0 aromatic heterocycles. The normalized spacial score (nSPS) is 11.7. The average Bonchev–Trinajstić information content (AvgIpc) is 2.75. The smallest absolute Gasteiger partial charge is 0.258 e. The number of carbonyl (C=O) groups excluding carboxylic acids is 2. The molecule has 9 nitrogen and oxygen atoms in total. The Kier molecular flexibility index (Phi) is 9.74. The molecule has 0 saturated heterocycles. The fraction of sp³-hybridized carbons (Fsp3) is 0.364. The topological polar surface area (TPSA) is 108 Å². The van der Waals surface area contributed by atoms with Crippen molar-refractivity contribution in [3.05, 3.63) is 34.3 Å². The van der Waals surface area contributed by atoms with Gasteiger partial charge in [-0.2, -0.15) is 10.2 Å². The van der Waals surface area contributed by atoms with Crippen LogP contribution in [0.25, 0.3) is 0 Å². The van der Waals surface area contributed by atoms with Gasteiger partial charge in [0.25, 0.3) is 5.91 Å². The van der Waals surface area contributed by atoms with Gasteiger partial charge in [0.15, 0.2) is 23.0 Å². The second-order valence-corrected chi connectivity index (χ2v) is 7.37. The van der Waals surface area contributed by atoms with Crippen molar-refractivity contribution >= 4 is 46.3 Å². The van der Waals surface area contributed by atoms with Gasteiger partial charge in [0, 0.05) is 23.2 Å². The molecule has 0 radical (unpaired) electrons. The lowest BCUT2D eigenvalue weighted by molar-refractivity contribution is -0.126. The molecule has 178 valence electrons. The molecule has 11 heteroatoms. The number of azo groups is 1. The van der Waals surface area contributed by atoms with Gasteiger partial charge in [-0.3, -0.25) is 9.59 Å². The van der Waals surface area contributed by atoms with Crippen LogP contribution in [0.2, 0.25) is 10.0 Å². The van der Waals surface area contributed by atoms with Gasteiger partial charge in [0.2, 0.25) is 6.04 Å². The molecular weight excluding hydrogens is 473 g/mol. The highest BCUT2D eigenvalue weighted by atomic mass is 35.5. The Morgan fingerprint density at radius 1 is 1.00 bits per heavy atom. The van der Waals surface area contributed by atoms with E-state index in [0.29, 0.717) is 29.7 Å². The Morgan fingerprint density at radius 3 is 2.27 bits per heavy atom. The van der Waals surface area contributed by atoms with Crippen molar-refractivity contribution in [1.82, 2.24) is 0 Å². The van der Waals surface area contributed by atoms with Crippen molar-refractivity contribution in [1.29, 1.82) is 0 Å². The summed E-state index contributed by atoms with van der Waals surface area (Å²) in [6.07, 6.45) is 0. The molecule has 0 saturated carbocycles. The Balaban J connectivity index is 2.40. The van der Waals surface area contributed by atoms with Crippen molar-refractivity contribution in [2.75, 3.05) is 32.8 Å². The minimum Gasteiger partial charge on any atom is -0.494 e. The van der Waals surface area contributed by atoms with Crippen LogP contribution in [0.4, 0.5) is 11.4 Å². The molecule has 1 unspecified atom stereocenters. The van der Waals surface area contributed by atoms with E-state index in [4.69, 9.17) is 42.1 Å². The van der Waals surface area contributed by atoms with E-state index in [1.165, 1.54) is 27.2 Å². The zero-order valence-electron chi connectivity index (χ0n) is 18.9. The van der Waals surface area contributed by atoms with Crippen LogP contribution in [0.15, 0.2) is 34.5 Å². The first kappa shape index (κ1) is 26.2. The van der Waals surface area contributed by atoms with Crippen LogP contribution in [-0.2, 0) is 9.59 Å². The summed E-state index contributed by atoms with van der Waals surface area (Å²) in [6, 6.07) is 4.69. The van der Waals surface area contributed by atoms with Crippen LogP contribution < -0.4 is 24.3 Å². The second-order valence-electron chi connectivity index (χ2n) is 6.53. The van der Waals surface area contributed by atoms with Crippen LogP contribution >= 0.6 is 23.2 Å². The van der Waals surface area contributed by atoms with Gasteiger partial charge < -0.3 is 24.3 Å². The highest BCUT2D eigenvalue weighted by Crippen LogP contribution is 2.40. The molecule has 0 aliphatic heterocycles. The quantitative estimate of drug-likeness (QED) is 0.324. The first-order chi connectivity index (χ1) is 15.7. The van der Waals surface area contributed by atoms with E-state index in [1.54, 1.807) is 25.1 Å². The third-order valence-corrected chi connectivity index (χ3v) is 4.71. The Hall–Kier alpha value is -3.04. The Bertz CT molecular complexity index is 1050. The molecule has 33 heavy (non-hydrogen) atoms. The maximum Gasteiger partial charge on any atom is 0.258 e. The molecule has 1 amide bonds. The van der Waals surface area contributed by atoms with E-state index >= 15 is 0 Å². The van der Waals surface area contributed by atoms with Crippen LogP contribution in [0, 0.1) is 0 Å². The molecule has 0 spiro atoms. The summed E-state index contributed by atoms with van der Waals surface area (Å²) in [6.45, 7) is 5.52. The van der Waals surface area contributed by atoms with Crippen LogP contribution in [-0.4, -0.2) is 45.2 Å². The number of nitrogens with one attached hydrogen (secondary N) is 1. The van der Waals surface area contributed by atoms with Crippen molar-refractivity contribution in [3.63, 3.8) is 0 Å². The fourth-order valence-corrected chi connectivity index (χ4v) is 3.29. The van der Waals surface area contributed by atoms with E-state index in [2.05, 4.69) is 15.5 Å². The van der Waals surface area contributed by atoms with Crippen molar-refractivity contribution < 1.29 is 28.5 Å². The number of hydrogen-bond acceptors (Lipinski definition) is 8. The predicted molar refractivity (Wildman–Crippen MR) is 126 cm³/mol. The largest absolute Gasteiger partial charge is 0.494 e. The molecule has 2 aromatic carbocycles. The molecule has 2 aromatic rings. The summed E-state index contributed by atoms with van der Waals surface area (Å²) in [7, 11) is 2.86. The van der Waals surface area contributed by atoms with Crippen molar-refractivity contribution in [3.8, 4) is 23.0 Å². The lowest BCUT2D eigenvalue weighted by atomic mass is 10.2. The van der Waals surface area contributed by atoms with E-state index in [1.807, 2.05) is 6.92 Å². The van der Waals surface area contributed by atoms with Crippen LogP contribution in [0.1, 0.15) is 20.8 Å². The zero-order valence-corrected chi connectivity index (χ0v) is 20.4. The number of amides is 1. The number of methoxy groups -OCH3 is 2. The monoisotopic (exact) mass is 497 g/mol.